The fourth-order valence-electron chi connectivity index (χ4n) is 4.87. The Morgan fingerprint density at radius 2 is 2.03 bits per heavy atom. The molecule has 0 radical (unpaired) electrons. The van der Waals surface area contributed by atoms with Crippen molar-refractivity contribution in [3.63, 3.8) is 0 Å². The van der Waals surface area contributed by atoms with E-state index >= 15 is 0 Å². The van der Waals surface area contributed by atoms with Crippen LogP contribution in [-0.4, -0.2) is 53.6 Å². The number of nitrogens with one attached hydrogen (secondary N) is 1. The third-order valence-electron chi connectivity index (χ3n) is 6.81. The summed E-state index contributed by atoms with van der Waals surface area (Å²) in [5, 5.41) is 7.19. The molecule has 188 valence electrons. The second-order valence-corrected chi connectivity index (χ2v) is 9.35. The molecular weight excluding hydrogens is 458 g/mol. The van der Waals surface area contributed by atoms with Crippen LogP contribution in [0.5, 0.6) is 5.75 Å². The summed E-state index contributed by atoms with van der Waals surface area (Å²) < 4.78 is 10.7. The number of carbonyl (C=O) groups excluding carboxylic acids is 2. The first-order valence-electron chi connectivity index (χ1n) is 12.5. The van der Waals surface area contributed by atoms with Crippen LogP contribution >= 0.6 is 0 Å². The van der Waals surface area contributed by atoms with Crippen molar-refractivity contribution in [1.29, 1.82) is 0 Å². The molecule has 2 aliphatic heterocycles. The SMILES string of the molecule is COc1ccc(-c2noc(CN3CCCC(C(=O)NCc4cccc(N5CCCC5=O)c4)C3)n2)cc1. The number of likely N-dealkylation sites (tertiary alicyclic amines) is 1. The summed E-state index contributed by atoms with van der Waals surface area (Å²) >= 11 is 0. The van der Waals surface area contributed by atoms with E-state index in [2.05, 4.69) is 20.4 Å². The summed E-state index contributed by atoms with van der Waals surface area (Å²) in [6, 6.07) is 15.4. The summed E-state index contributed by atoms with van der Waals surface area (Å²) in [6.07, 6.45) is 3.28. The van der Waals surface area contributed by atoms with Crippen molar-refractivity contribution < 1.29 is 18.8 Å². The molecule has 1 aromatic heterocycles. The minimum atomic E-state index is -0.0916. The van der Waals surface area contributed by atoms with Crippen LogP contribution in [0.3, 0.4) is 0 Å². The van der Waals surface area contributed by atoms with Crippen molar-refractivity contribution in [2.75, 3.05) is 31.6 Å². The van der Waals surface area contributed by atoms with Crippen LogP contribution in [0.2, 0.25) is 0 Å². The maximum Gasteiger partial charge on any atom is 0.241 e. The van der Waals surface area contributed by atoms with Crippen molar-refractivity contribution in [1.82, 2.24) is 20.4 Å². The largest absolute Gasteiger partial charge is 0.497 e. The van der Waals surface area contributed by atoms with Gasteiger partial charge in [0.05, 0.1) is 19.6 Å². The van der Waals surface area contributed by atoms with Crippen molar-refractivity contribution in [2.45, 2.75) is 38.8 Å². The van der Waals surface area contributed by atoms with Crippen LogP contribution in [0.4, 0.5) is 5.69 Å². The molecule has 1 N–H and O–H groups in total. The van der Waals surface area contributed by atoms with Gasteiger partial charge in [-0.1, -0.05) is 17.3 Å². The first-order valence-corrected chi connectivity index (χ1v) is 12.5. The topological polar surface area (TPSA) is 101 Å². The molecule has 0 saturated carbocycles. The van der Waals surface area contributed by atoms with Crippen LogP contribution in [0.15, 0.2) is 53.1 Å². The number of amides is 2. The molecule has 0 bridgehead atoms. The van der Waals surface area contributed by atoms with E-state index in [1.54, 1.807) is 7.11 Å². The Balaban J connectivity index is 1.14. The first kappa shape index (κ1) is 24.0. The van der Waals surface area contributed by atoms with Gasteiger partial charge in [-0.2, -0.15) is 4.98 Å². The lowest BCUT2D eigenvalue weighted by Crippen LogP contribution is -2.42. The molecular formula is C27H31N5O4. The number of nitrogens with zero attached hydrogens (tertiary/aromatic N) is 4. The smallest absolute Gasteiger partial charge is 0.241 e. The molecule has 2 amide bonds. The highest BCUT2D eigenvalue weighted by Crippen LogP contribution is 2.24. The zero-order chi connectivity index (χ0) is 24.9. The Kier molecular flexibility index (Phi) is 7.27. The van der Waals surface area contributed by atoms with E-state index in [9.17, 15) is 9.59 Å². The van der Waals surface area contributed by atoms with Crippen molar-refractivity contribution in [2.24, 2.45) is 5.92 Å². The van der Waals surface area contributed by atoms with Gasteiger partial charge in [-0.15, -0.1) is 0 Å². The average Bonchev–Trinajstić information content (AvgIpc) is 3.56. The zero-order valence-electron chi connectivity index (χ0n) is 20.5. The molecule has 0 aliphatic carbocycles. The second-order valence-electron chi connectivity index (χ2n) is 9.35. The standard InChI is InChI=1S/C27H31N5O4/c1-35-23-11-9-20(10-12-23)26-29-24(36-30-26)18-31-13-3-6-21(17-31)27(34)28-16-19-5-2-7-22(15-19)32-14-4-8-25(32)33/h2,5,7,9-12,15,21H,3-4,6,8,13-14,16-18H2,1H3,(H,28,34). The van der Waals surface area contributed by atoms with Gasteiger partial charge in [0.25, 0.3) is 0 Å². The number of ether oxygens (including phenoxy) is 1. The maximum absolute atomic E-state index is 12.9. The van der Waals surface area contributed by atoms with E-state index < -0.39 is 0 Å². The van der Waals surface area contributed by atoms with Crippen LogP contribution in [0.1, 0.15) is 37.1 Å². The van der Waals surface area contributed by atoms with Gasteiger partial charge < -0.3 is 19.5 Å². The molecule has 2 aromatic carbocycles. The minimum absolute atomic E-state index is 0.0480. The summed E-state index contributed by atoms with van der Waals surface area (Å²) in [5.74, 6) is 1.97. The Hall–Kier alpha value is -3.72. The van der Waals surface area contributed by atoms with Crippen molar-refractivity contribution in [3.8, 4) is 17.1 Å². The van der Waals surface area contributed by atoms with Gasteiger partial charge in [-0.3, -0.25) is 14.5 Å². The van der Waals surface area contributed by atoms with E-state index in [-0.39, 0.29) is 17.7 Å². The Labute approximate surface area is 210 Å². The normalized spacial score (nSPS) is 18.4. The summed E-state index contributed by atoms with van der Waals surface area (Å²) in [4.78, 5) is 33.5. The van der Waals surface area contributed by atoms with Gasteiger partial charge in [-0.25, -0.2) is 0 Å². The van der Waals surface area contributed by atoms with Crippen LogP contribution < -0.4 is 15.0 Å². The number of benzene rings is 2. The molecule has 36 heavy (non-hydrogen) atoms. The van der Waals surface area contributed by atoms with Gasteiger partial charge >= 0.3 is 0 Å². The summed E-state index contributed by atoms with van der Waals surface area (Å²) in [6.45, 7) is 3.25. The quantitative estimate of drug-likeness (QED) is 0.518. The number of anilines is 1. The van der Waals surface area contributed by atoms with Gasteiger partial charge in [0.15, 0.2) is 0 Å². The molecule has 9 nitrogen and oxygen atoms in total. The van der Waals surface area contributed by atoms with Crippen LogP contribution in [0, 0.1) is 5.92 Å². The highest BCUT2D eigenvalue weighted by atomic mass is 16.5. The lowest BCUT2D eigenvalue weighted by Gasteiger charge is -2.30. The van der Waals surface area contributed by atoms with Crippen LogP contribution in [-0.2, 0) is 22.7 Å². The molecule has 0 spiro atoms. The van der Waals surface area contributed by atoms with E-state index in [1.165, 1.54) is 0 Å². The molecule has 3 aromatic rings. The lowest BCUT2D eigenvalue weighted by atomic mass is 9.97. The number of aromatic nitrogens is 2. The minimum Gasteiger partial charge on any atom is -0.497 e. The monoisotopic (exact) mass is 489 g/mol. The van der Waals surface area contributed by atoms with E-state index in [4.69, 9.17) is 9.26 Å². The first-order chi connectivity index (χ1) is 17.6. The summed E-state index contributed by atoms with van der Waals surface area (Å²) in [7, 11) is 1.63. The van der Waals surface area contributed by atoms with Gasteiger partial charge in [-0.05, 0) is 67.8 Å². The number of carbonyl (C=O) groups is 2. The molecule has 1 unspecified atom stereocenters. The van der Waals surface area contributed by atoms with Crippen molar-refractivity contribution in [3.05, 3.63) is 60.0 Å². The predicted molar refractivity (Wildman–Crippen MR) is 134 cm³/mol. The molecule has 1 atom stereocenters. The van der Waals surface area contributed by atoms with Crippen LogP contribution in [0.25, 0.3) is 11.4 Å². The number of methoxy groups -OCH3 is 1. The van der Waals surface area contributed by atoms with Gasteiger partial charge in [0, 0.05) is 37.3 Å². The fourth-order valence-corrected chi connectivity index (χ4v) is 4.87. The Bertz CT molecular complexity index is 1210. The molecule has 2 saturated heterocycles. The van der Waals surface area contributed by atoms with Crippen molar-refractivity contribution >= 4 is 17.5 Å². The second kappa shape index (κ2) is 10.9. The van der Waals surface area contributed by atoms with E-state index in [0.717, 1.165) is 54.9 Å². The number of rotatable bonds is 8. The predicted octanol–water partition coefficient (Wildman–Crippen LogP) is 3.40. The molecule has 5 rings (SSSR count). The lowest BCUT2D eigenvalue weighted by molar-refractivity contribution is -0.127. The Morgan fingerprint density at radius 1 is 1.17 bits per heavy atom. The third-order valence-corrected chi connectivity index (χ3v) is 6.81. The number of hydrogen-bond donors (Lipinski definition) is 1. The van der Waals surface area contributed by atoms with Gasteiger partial charge in [0.1, 0.15) is 5.75 Å². The highest BCUT2D eigenvalue weighted by Gasteiger charge is 2.27. The molecule has 2 aliphatic rings. The Morgan fingerprint density at radius 3 is 2.81 bits per heavy atom. The number of hydrogen-bond acceptors (Lipinski definition) is 7. The highest BCUT2D eigenvalue weighted by molar-refractivity contribution is 5.95. The zero-order valence-corrected chi connectivity index (χ0v) is 20.5. The van der Waals surface area contributed by atoms with Gasteiger partial charge in [0.2, 0.25) is 23.5 Å². The fraction of sp³-hybridized carbons (Fsp3) is 0.407. The molecule has 3 heterocycles. The van der Waals surface area contributed by atoms with E-state index in [0.29, 0.717) is 37.8 Å². The maximum atomic E-state index is 12.9. The van der Waals surface area contributed by atoms with E-state index in [1.807, 2.05) is 53.4 Å². The third kappa shape index (κ3) is 5.57. The summed E-state index contributed by atoms with van der Waals surface area (Å²) in [5.41, 5.74) is 2.76. The average molecular weight is 490 g/mol. The number of piperidine rings is 1. The molecule has 2 fully saturated rings. The molecule has 9 heteroatoms.